The van der Waals surface area contributed by atoms with Crippen LogP contribution in [0.3, 0.4) is 0 Å². The molecule has 1 aliphatic rings. The summed E-state index contributed by atoms with van der Waals surface area (Å²) in [6.45, 7) is 1.86. The maximum atomic E-state index is 13.8. The molecule has 1 aromatic heterocycles. The summed E-state index contributed by atoms with van der Waals surface area (Å²) in [5.74, 6) is -2.39. The number of nitrogens with zero attached hydrogens (tertiary/aromatic N) is 3. The van der Waals surface area contributed by atoms with Gasteiger partial charge in [-0.25, -0.2) is 0 Å². The molecule has 32 heavy (non-hydrogen) atoms. The van der Waals surface area contributed by atoms with Crippen LogP contribution in [0.2, 0.25) is 5.02 Å². The van der Waals surface area contributed by atoms with Crippen LogP contribution in [-0.4, -0.2) is 33.0 Å². The van der Waals surface area contributed by atoms with Crippen molar-refractivity contribution in [3.63, 3.8) is 0 Å². The highest BCUT2D eigenvalue weighted by Crippen LogP contribution is 2.45. The first-order valence-corrected chi connectivity index (χ1v) is 9.82. The lowest BCUT2D eigenvalue weighted by Crippen LogP contribution is -2.17. The third-order valence-corrected chi connectivity index (χ3v) is 5.31. The topological polar surface area (TPSA) is 86.5 Å². The number of aryl methyl sites for hydroxylation is 1. The van der Waals surface area contributed by atoms with Crippen LogP contribution in [0.5, 0.6) is 5.75 Å². The third-order valence-electron chi connectivity index (χ3n) is 5.07. The van der Waals surface area contributed by atoms with Gasteiger partial charge in [-0.1, -0.05) is 23.7 Å². The number of fused-ring (bicyclic) bond motifs is 3. The Morgan fingerprint density at radius 3 is 2.62 bits per heavy atom. The van der Waals surface area contributed by atoms with Crippen LogP contribution >= 0.6 is 11.6 Å². The Labute approximate surface area is 185 Å². The first-order chi connectivity index (χ1) is 15.1. The van der Waals surface area contributed by atoms with Crippen molar-refractivity contribution in [3.8, 4) is 11.4 Å². The van der Waals surface area contributed by atoms with E-state index in [0.29, 0.717) is 16.9 Å². The second-order valence-electron chi connectivity index (χ2n) is 7.27. The van der Waals surface area contributed by atoms with Crippen LogP contribution in [0.1, 0.15) is 47.0 Å². The standard InChI is InChI=1S/C21H17ClF3N3O4/c1-10-3-5-12(15(7-10)31-2)18-13-8-11(22)4-6-14(13)28-19(16(32-18)9-17(29)30)26-27-20(28)21(23,24)25/h3-8,16,18H,9H2,1-2H3,(H,29,30)/t16-,18-/m1/s1. The maximum absolute atomic E-state index is 13.8. The zero-order valence-electron chi connectivity index (χ0n) is 16.9. The number of alkyl halides is 3. The SMILES string of the molecule is COc1cc(C)ccc1[C@H]1O[C@H](CC(=O)O)c2nnc(C(F)(F)F)n2-c2ccc(Cl)cc21. The van der Waals surface area contributed by atoms with Crippen molar-refractivity contribution in [2.75, 3.05) is 7.11 Å². The summed E-state index contributed by atoms with van der Waals surface area (Å²) in [5, 5.41) is 16.6. The van der Waals surface area contributed by atoms with E-state index in [-0.39, 0.29) is 16.5 Å². The monoisotopic (exact) mass is 467 g/mol. The van der Waals surface area contributed by atoms with Gasteiger partial charge in [-0.05, 0) is 36.8 Å². The summed E-state index contributed by atoms with van der Waals surface area (Å²) in [6, 6.07) is 9.59. The number of benzene rings is 2. The molecule has 0 amide bonds. The Morgan fingerprint density at radius 2 is 1.97 bits per heavy atom. The fourth-order valence-electron chi connectivity index (χ4n) is 3.74. The molecule has 2 aromatic carbocycles. The normalized spacial score (nSPS) is 17.9. The Bertz CT molecular complexity index is 1200. The zero-order valence-corrected chi connectivity index (χ0v) is 17.6. The van der Waals surface area contributed by atoms with E-state index in [9.17, 15) is 23.1 Å². The number of hydrogen-bond acceptors (Lipinski definition) is 5. The number of aromatic nitrogens is 3. The summed E-state index contributed by atoms with van der Waals surface area (Å²) < 4.78 is 53.7. The minimum atomic E-state index is -4.84. The first kappa shape index (κ1) is 22.1. The van der Waals surface area contributed by atoms with Crippen molar-refractivity contribution < 1.29 is 32.5 Å². The number of carbonyl (C=O) groups is 1. The van der Waals surface area contributed by atoms with Crippen molar-refractivity contribution >= 4 is 17.6 Å². The molecule has 7 nitrogen and oxygen atoms in total. The molecule has 0 aliphatic carbocycles. The number of rotatable bonds is 4. The van der Waals surface area contributed by atoms with E-state index in [0.717, 1.165) is 10.1 Å². The van der Waals surface area contributed by atoms with Crippen molar-refractivity contribution in [3.05, 3.63) is 69.8 Å². The smallest absolute Gasteiger partial charge is 0.452 e. The predicted molar refractivity (Wildman–Crippen MR) is 107 cm³/mol. The molecule has 1 aliphatic heterocycles. The van der Waals surface area contributed by atoms with Gasteiger partial charge in [-0.3, -0.25) is 9.36 Å². The Hall–Kier alpha value is -3.11. The summed E-state index contributed by atoms with van der Waals surface area (Å²) in [4.78, 5) is 11.5. The number of carboxylic acids is 1. The molecular formula is C21H17ClF3N3O4. The van der Waals surface area contributed by atoms with Gasteiger partial charge in [0.1, 0.15) is 18.0 Å². The van der Waals surface area contributed by atoms with Gasteiger partial charge in [0.2, 0.25) is 5.82 Å². The average Bonchev–Trinajstić information content (AvgIpc) is 3.12. The number of carboxylic acid groups (broad SMARTS) is 1. The minimum Gasteiger partial charge on any atom is -0.496 e. The number of methoxy groups -OCH3 is 1. The van der Waals surface area contributed by atoms with Gasteiger partial charge in [0.15, 0.2) is 5.82 Å². The highest BCUT2D eigenvalue weighted by atomic mass is 35.5. The minimum absolute atomic E-state index is 0.0854. The molecule has 2 heterocycles. The van der Waals surface area contributed by atoms with Crippen LogP contribution < -0.4 is 4.74 Å². The van der Waals surface area contributed by atoms with Crippen LogP contribution in [0, 0.1) is 6.92 Å². The lowest BCUT2D eigenvalue weighted by molar-refractivity contribution is -0.146. The molecule has 0 bridgehead atoms. The van der Waals surface area contributed by atoms with Crippen molar-refractivity contribution in [2.24, 2.45) is 0 Å². The highest BCUT2D eigenvalue weighted by Gasteiger charge is 2.43. The zero-order chi connectivity index (χ0) is 23.2. The van der Waals surface area contributed by atoms with Crippen molar-refractivity contribution in [2.45, 2.75) is 31.7 Å². The molecule has 168 valence electrons. The van der Waals surface area contributed by atoms with Gasteiger partial charge >= 0.3 is 12.1 Å². The Balaban J connectivity index is 2.03. The molecular weight excluding hydrogens is 451 g/mol. The molecule has 11 heteroatoms. The van der Waals surface area contributed by atoms with Gasteiger partial charge < -0.3 is 14.6 Å². The summed E-state index contributed by atoms with van der Waals surface area (Å²) in [7, 11) is 1.46. The van der Waals surface area contributed by atoms with Gasteiger partial charge in [-0.15, -0.1) is 10.2 Å². The molecule has 0 saturated heterocycles. The number of halogens is 4. The third kappa shape index (κ3) is 3.91. The first-order valence-electron chi connectivity index (χ1n) is 9.44. The molecule has 4 rings (SSSR count). The Morgan fingerprint density at radius 1 is 1.22 bits per heavy atom. The van der Waals surface area contributed by atoms with E-state index in [1.807, 2.05) is 6.92 Å². The second kappa shape index (κ2) is 8.10. The predicted octanol–water partition coefficient (Wildman–Crippen LogP) is 4.89. The molecule has 0 spiro atoms. The van der Waals surface area contributed by atoms with E-state index in [1.165, 1.54) is 25.3 Å². The molecule has 1 N–H and O–H groups in total. The van der Waals surface area contributed by atoms with E-state index in [1.54, 1.807) is 18.2 Å². The summed E-state index contributed by atoms with van der Waals surface area (Å²) in [6.07, 6.45) is -7.76. The van der Waals surface area contributed by atoms with Gasteiger partial charge in [-0.2, -0.15) is 13.2 Å². The number of ether oxygens (including phenoxy) is 2. The van der Waals surface area contributed by atoms with E-state index < -0.39 is 36.6 Å². The lowest BCUT2D eigenvalue weighted by atomic mass is 9.97. The fraction of sp³-hybridized carbons (Fsp3) is 0.286. The molecule has 0 unspecified atom stereocenters. The number of aliphatic carboxylic acids is 1. The van der Waals surface area contributed by atoms with Crippen LogP contribution in [0.4, 0.5) is 13.2 Å². The van der Waals surface area contributed by atoms with Crippen molar-refractivity contribution in [1.82, 2.24) is 14.8 Å². The van der Waals surface area contributed by atoms with E-state index in [2.05, 4.69) is 10.2 Å². The van der Waals surface area contributed by atoms with E-state index >= 15 is 0 Å². The molecule has 3 aromatic rings. The Kier molecular flexibility index (Phi) is 5.59. The largest absolute Gasteiger partial charge is 0.496 e. The molecule has 0 radical (unpaired) electrons. The lowest BCUT2D eigenvalue weighted by Gasteiger charge is -2.24. The van der Waals surface area contributed by atoms with Crippen LogP contribution in [0.15, 0.2) is 36.4 Å². The van der Waals surface area contributed by atoms with Gasteiger partial charge in [0, 0.05) is 16.1 Å². The van der Waals surface area contributed by atoms with Gasteiger partial charge in [0.05, 0.1) is 19.2 Å². The molecule has 2 atom stereocenters. The van der Waals surface area contributed by atoms with Crippen LogP contribution in [-0.2, 0) is 15.7 Å². The average molecular weight is 468 g/mol. The number of hydrogen-bond donors (Lipinski definition) is 1. The molecule has 0 saturated carbocycles. The van der Waals surface area contributed by atoms with Gasteiger partial charge in [0.25, 0.3) is 0 Å². The van der Waals surface area contributed by atoms with E-state index in [4.69, 9.17) is 21.1 Å². The summed E-state index contributed by atoms with van der Waals surface area (Å²) >= 11 is 6.19. The fourth-order valence-corrected chi connectivity index (χ4v) is 3.92. The maximum Gasteiger partial charge on any atom is 0.452 e. The summed E-state index contributed by atoms with van der Waals surface area (Å²) in [5.41, 5.74) is 1.77. The van der Waals surface area contributed by atoms with Crippen molar-refractivity contribution in [1.29, 1.82) is 0 Å². The van der Waals surface area contributed by atoms with Crippen LogP contribution in [0.25, 0.3) is 5.69 Å². The highest BCUT2D eigenvalue weighted by molar-refractivity contribution is 6.30. The quantitative estimate of drug-likeness (QED) is 0.588. The molecule has 0 fully saturated rings. The second-order valence-corrected chi connectivity index (χ2v) is 7.70.